The molecule has 2 heterocycles. The third-order valence-corrected chi connectivity index (χ3v) is 5.20. The van der Waals surface area contributed by atoms with Crippen LogP contribution in [0.5, 0.6) is 5.75 Å². The first-order valence-corrected chi connectivity index (χ1v) is 10.4. The summed E-state index contributed by atoms with van der Waals surface area (Å²) in [5.41, 5.74) is 0.865. The number of hydrogen-bond donors (Lipinski definition) is 0. The molecule has 3 aromatic rings. The molecular formula is C20H27N5O2S. The van der Waals surface area contributed by atoms with Gasteiger partial charge in [0.25, 0.3) is 0 Å². The number of benzene rings is 1. The molecule has 0 spiro atoms. The molecule has 0 aliphatic heterocycles. The minimum atomic E-state index is -0.154. The minimum Gasteiger partial charge on any atom is -0.497 e. The highest BCUT2D eigenvalue weighted by Crippen LogP contribution is 2.28. The van der Waals surface area contributed by atoms with Crippen molar-refractivity contribution in [2.45, 2.75) is 63.4 Å². The molecule has 28 heavy (non-hydrogen) atoms. The summed E-state index contributed by atoms with van der Waals surface area (Å²) in [6.07, 6.45) is 2.16. The fraction of sp³-hybridized carbons (Fsp3) is 0.500. The van der Waals surface area contributed by atoms with Gasteiger partial charge in [-0.25, -0.2) is 0 Å². The van der Waals surface area contributed by atoms with Gasteiger partial charge in [-0.3, -0.25) is 0 Å². The molecule has 150 valence electrons. The number of hydrogen-bond acceptors (Lipinski definition) is 7. The maximum absolute atomic E-state index is 5.38. The van der Waals surface area contributed by atoms with Crippen molar-refractivity contribution in [2.75, 3.05) is 7.11 Å². The molecule has 0 saturated carbocycles. The monoisotopic (exact) mass is 401 g/mol. The van der Waals surface area contributed by atoms with E-state index in [1.165, 1.54) is 0 Å². The van der Waals surface area contributed by atoms with Crippen LogP contribution >= 0.6 is 11.8 Å². The van der Waals surface area contributed by atoms with Gasteiger partial charge in [0.15, 0.2) is 16.8 Å². The highest BCUT2D eigenvalue weighted by Gasteiger charge is 2.22. The fourth-order valence-electron chi connectivity index (χ4n) is 2.61. The number of thioether (sulfide) groups is 1. The molecule has 0 aliphatic carbocycles. The highest BCUT2D eigenvalue weighted by molar-refractivity contribution is 7.98. The molecule has 0 radical (unpaired) electrons. The molecule has 0 aliphatic rings. The number of methoxy groups -OCH3 is 1. The van der Waals surface area contributed by atoms with E-state index in [1.54, 1.807) is 18.9 Å². The van der Waals surface area contributed by atoms with Crippen LogP contribution in [0.15, 0.2) is 33.9 Å². The molecule has 2 aromatic heterocycles. The van der Waals surface area contributed by atoms with Gasteiger partial charge in [-0.2, -0.15) is 4.98 Å². The van der Waals surface area contributed by atoms with Gasteiger partial charge in [0.2, 0.25) is 5.89 Å². The number of unbranched alkanes of at least 4 members (excludes halogenated alkanes) is 1. The third kappa shape index (κ3) is 4.73. The second-order valence-corrected chi connectivity index (χ2v) is 8.54. The zero-order valence-corrected chi connectivity index (χ0v) is 17.9. The van der Waals surface area contributed by atoms with Gasteiger partial charge in [-0.1, -0.05) is 51.0 Å². The summed E-state index contributed by atoms with van der Waals surface area (Å²) >= 11 is 1.58. The Morgan fingerprint density at radius 2 is 1.89 bits per heavy atom. The normalized spacial score (nSPS) is 11.8. The summed E-state index contributed by atoms with van der Waals surface area (Å²) in [6, 6.07) is 7.89. The smallest absolute Gasteiger partial charge is 0.232 e. The molecule has 0 saturated heterocycles. The fourth-order valence-corrected chi connectivity index (χ4v) is 3.42. The van der Waals surface area contributed by atoms with Gasteiger partial charge in [0.1, 0.15) is 5.75 Å². The van der Waals surface area contributed by atoms with Crippen molar-refractivity contribution in [1.29, 1.82) is 0 Å². The molecule has 0 fully saturated rings. The third-order valence-electron chi connectivity index (χ3n) is 4.24. The van der Waals surface area contributed by atoms with E-state index in [1.807, 2.05) is 24.3 Å². The Morgan fingerprint density at radius 1 is 1.14 bits per heavy atom. The van der Waals surface area contributed by atoms with Crippen molar-refractivity contribution in [3.63, 3.8) is 0 Å². The molecule has 1 aromatic carbocycles. The summed E-state index contributed by atoms with van der Waals surface area (Å²) in [5.74, 6) is 3.60. The first kappa shape index (κ1) is 20.4. The summed E-state index contributed by atoms with van der Waals surface area (Å²) < 4.78 is 12.8. The molecular weight excluding hydrogens is 374 g/mol. The van der Waals surface area contributed by atoms with Gasteiger partial charge in [0, 0.05) is 17.5 Å². The topological polar surface area (TPSA) is 78.9 Å². The van der Waals surface area contributed by atoms with Crippen molar-refractivity contribution in [3.05, 3.63) is 36.0 Å². The van der Waals surface area contributed by atoms with Crippen LogP contribution in [0.3, 0.4) is 0 Å². The van der Waals surface area contributed by atoms with Crippen LogP contribution < -0.4 is 4.74 Å². The van der Waals surface area contributed by atoms with Crippen LogP contribution in [-0.2, 0) is 17.7 Å². The predicted octanol–water partition coefficient (Wildman–Crippen LogP) is 4.73. The second-order valence-electron chi connectivity index (χ2n) is 7.59. The van der Waals surface area contributed by atoms with Crippen molar-refractivity contribution in [3.8, 4) is 17.1 Å². The Hall–Kier alpha value is -2.35. The standard InChI is InChI=1S/C20H27N5O2S/c1-6-7-12-25-17(14-8-10-15(26-5)11-9-14)22-23-19(25)28-13-16-21-18(27-24-16)20(2,3)4/h8-11H,6-7,12-13H2,1-5H3. The Labute approximate surface area is 169 Å². The first-order chi connectivity index (χ1) is 13.4. The van der Waals surface area contributed by atoms with Crippen LogP contribution in [0.25, 0.3) is 11.4 Å². The zero-order valence-electron chi connectivity index (χ0n) is 17.1. The van der Waals surface area contributed by atoms with Crippen LogP contribution in [-0.4, -0.2) is 32.0 Å². The number of aromatic nitrogens is 5. The van der Waals surface area contributed by atoms with Gasteiger partial charge >= 0.3 is 0 Å². The lowest BCUT2D eigenvalue weighted by atomic mass is 9.97. The Balaban J connectivity index is 1.80. The first-order valence-electron chi connectivity index (χ1n) is 9.46. The molecule has 0 N–H and O–H groups in total. The van der Waals surface area contributed by atoms with E-state index in [9.17, 15) is 0 Å². The van der Waals surface area contributed by atoms with E-state index in [0.717, 1.165) is 41.7 Å². The van der Waals surface area contributed by atoms with E-state index in [4.69, 9.17) is 9.26 Å². The van der Waals surface area contributed by atoms with Crippen molar-refractivity contribution in [2.24, 2.45) is 0 Å². The van der Waals surface area contributed by atoms with E-state index in [2.05, 4.69) is 52.6 Å². The average molecular weight is 402 g/mol. The molecule has 0 amide bonds. The number of nitrogens with zero attached hydrogens (tertiary/aromatic N) is 5. The zero-order chi connectivity index (χ0) is 20.1. The maximum Gasteiger partial charge on any atom is 0.232 e. The van der Waals surface area contributed by atoms with Crippen LogP contribution in [0.4, 0.5) is 0 Å². The van der Waals surface area contributed by atoms with Gasteiger partial charge in [0.05, 0.1) is 12.9 Å². The Kier molecular flexibility index (Phi) is 6.39. The molecule has 0 bridgehead atoms. The van der Waals surface area contributed by atoms with Crippen LogP contribution in [0.1, 0.15) is 52.3 Å². The molecule has 0 atom stereocenters. The van der Waals surface area contributed by atoms with Crippen LogP contribution in [0.2, 0.25) is 0 Å². The molecule has 0 unspecified atom stereocenters. The van der Waals surface area contributed by atoms with Gasteiger partial charge in [-0.15, -0.1) is 10.2 Å². The van der Waals surface area contributed by atoms with E-state index in [-0.39, 0.29) is 5.41 Å². The van der Waals surface area contributed by atoms with Crippen molar-refractivity contribution >= 4 is 11.8 Å². The lowest BCUT2D eigenvalue weighted by Crippen LogP contribution is -2.11. The summed E-state index contributed by atoms with van der Waals surface area (Å²) in [6.45, 7) is 9.21. The van der Waals surface area contributed by atoms with Crippen molar-refractivity contribution in [1.82, 2.24) is 24.9 Å². The largest absolute Gasteiger partial charge is 0.497 e. The Morgan fingerprint density at radius 3 is 2.50 bits per heavy atom. The summed E-state index contributed by atoms with van der Waals surface area (Å²) in [5, 5.41) is 13.8. The van der Waals surface area contributed by atoms with E-state index < -0.39 is 0 Å². The van der Waals surface area contributed by atoms with Gasteiger partial charge in [-0.05, 0) is 30.7 Å². The SMILES string of the molecule is CCCCn1c(SCc2noc(C(C)(C)C)n2)nnc1-c1ccc(OC)cc1. The molecule has 3 rings (SSSR count). The maximum atomic E-state index is 5.38. The second kappa shape index (κ2) is 8.77. The van der Waals surface area contributed by atoms with Crippen LogP contribution in [0, 0.1) is 0 Å². The summed E-state index contributed by atoms with van der Waals surface area (Å²) in [7, 11) is 1.66. The van der Waals surface area contributed by atoms with Crippen molar-refractivity contribution < 1.29 is 9.26 Å². The lowest BCUT2D eigenvalue weighted by molar-refractivity contribution is 0.319. The quantitative estimate of drug-likeness (QED) is 0.505. The number of rotatable bonds is 8. The highest BCUT2D eigenvalue weighted by atomic mass is 32.2. The summed E-state index contributed by atoms with van der Waals surface area (Å²) in [4.78, 5) is 4.50. The predicted molar refractivity (Wildman–Crippen MR) is 109 cm³/mol. The number of ether oxygens (including phenoxy) is 1. The van der Waals surface area contributed by atoms with Gasteiger partial charge < -0.3 is 13.8 Å². The minimum absolute atomic E-state index is 0.154. The average Bonchev–Trinajstić information content (AvgIpc) is 3.31. The van der Waals surface area contributed by atoms with E-state index in [0.29, 0.717) is 17.5 Å². The Bertz CT molecular complexity index is 896. The molecule has 7 nitrogen and oxygen atoms in total. The van der Waals surface area contributed by atoms with E-state index >= 15 is 0 Å². The lowest BCUT2D eigenvalue weighted by Gasteiger charge is -2.10. The molecule has 8 heteroatoms.